The number of thioether (sulfide) groups is 1. The molecule has 0 unspecified atom stereocenters. The molecule has 7 nitrogen and oxygen atoms in total. The number of carbonyl (C=O) groups excluding carboxylic acids is 2. The topological polar surface area (TPSA) is 94.3 Å². The van der Waals surface area contributed by atoms with Crippen LogP contribution in [0.4, 0.5) is 0 Å². The van der Waals surface area contributed by atoms with Gasteiger partial charge in [-0.15, -0.1) is 10.2 Å². The molecule has 0 fully saturated rings. The number of benzene rings is 1. The van der Waals surface area contributed by atoms with Crippen molar-refractivity contribution in [3.05, 3.63) is 29.8 Å². The maximum absolute atomic E-state index is 12.2. The number of amides is 1. The smallest absolute Gasteiger partial charge is 0.328 e. The third-order valence-corrected chi connectivity index (χ3v) is 4.83. The average molecular weight is 377 g/mol. The van der Waals surface area contributed by atoms with E-state index in [9.17, 15) is 9.59 Å². The lowest BCUT2D eigenvalue weighted by molar-refractivity contribution is -0.146. The molecule has 0 radical (unpaired) electrons. The van der Waals surface area contributed by atoms with Gasteiger partial charge in [-0.05, 0) is 25.0 Å². The van der Waals surface area contributed by atoms with E-state index >= 15 is 0 Å². The molecule has 2 rings (SSSR count). The van der Waals surface area contributed by atoms with Crippen molar-refractivity contribution in [1.29, 1.82) is 0 Å². The molecule has 1 N–H and O–H groups in total. The molecule has 0 saturated heterocycles. The summed E-state index contributed by atoms with van der Waals surface area (Å²) in [6.45, 7) is 5.84. The number of esters is 1. The molecule has 0 aliphatic rings. The SMILES string of the molecule is CC[C@@H](C)[C@H](NC(=O)CSc1nnc(-c2ccc(C)cc2)o1)C(=O)OC. The van der Waals surface area contributed by atoms with Crippen LogP contribution in [0.25, 0.3) is 11.5 Å². The number of rotatable bonds is 8. The zero-order valence-corrected chi connectivity index (χ0v) is 16.1. The fourth-order valence-electron chi connectivity index (χ4n) is 2.22. The summed E-state index contributed by atoms with van der Waals surface area (Å²) in [5.41, 5.74) is 1.96. The van der Waals surface area contributed by atoms with Gasteiger partial charge in [-0.2, -0.15) is 0 Å². The second-order valence-corrected chi connectivity index (χ2v) is 6.91. The lowest BCUT2D eigenvalue weighted by Crippen LogP contribution is -2.46. The zero-order valence-electron chi connectivity index (χ0n) is 15.3. The van der Waals surface area contributed by atoms with Gasteiger partial charge in [0, 0.05) is 5.56 Å². The van der Waals surface area contributed by atoms with E-state index in [-0.39, 0.29) is 17.6 Å². The van der Waals surface area contributed by atoms with Crippen LogP contribution in [0.15, 0.2) is 33.9 Å². The van der Waals surface area contributed by atoms with E-state index in [0.29, 0.717) is 11.1 Å². The molecule has 140 valence electrons. The monoisotopic (exact) mass is 377 g/mol. The first kappa shape index (κ1) is 20.0. The molecule has 1 aromatic heterocycles. The van der Waals surface area contributed by atoms with E-state index in [1.165, 1.54) is 7.11 Å². The maximum atomic E-state index is 12.2. The molecule has 0 aliphatic carbocycles. The Morgan fingerprint density at radius 1 is 1.27 bits per heavy atom. The van der Waals surface area contributed by atoms with Crippen LogP contribution in [0.1, 0.15) is 25.8 Å². The van der Waals surface area contributed by atoms with Gasteiger partial charge in [-0.3, -0.25) is 4.79 Å². The third-order valence-electron chi connectivity index (χ3n) is 4.02. The third kappa shape index (κ3) is 5.32. The highest BCUT2D eigenvalue weighted by atomic mass is 32.2. The highest BCUT2D eigenvalue weighted by molar-refractivity contribution is 7.99. The molecule has 0 spiro atoms. The van der Waals surface area contributed by atoms with Gasteiger partial charge in [0.2, 0.25) is 11.8 Å². The second-order valence-electron chi connectivity index (χ2n) is 5.98. The van der Waals surface area contributed by atoms with Crippen molar-refractivity contribution in [1.82, 2.24) is 15.5 Å². The number of nitrogens with zero attached hydrogens (tertiary/aromatic N) is 2. The first-order valence-electron chi connectivity index (χ1n) is 8.35. The lowest BCUT2D eigenvalue weighted by Gasteiger charge is -2.21. The number of methoxy groups -OCH3 is 1. The number of hydrogen-bond donors (Lipinski definition) is 1. The van der Waals surface area contributed by atoms with Crippen LogP contribution in [0, 0.1) is 12.8 Å². The van der Waals surface area contributed by atoms with E-state index in [4.69, 9.17) is 9.15 Å². The van der Waals surface area contributed by atoms with Crippen molar-refractivity contribution >= 4 is 23.6 Å². The molecule has 2 atom stereocenters. The van der Waals surface area contributed by atoms with Gasteiger partial charge in [-0.25, -0.2) is 4.79 Å². The van der Waals surface area contributed by atoms with E-state index in [1.807, 2.05) is 45.0 Å². The van der Waals surface area contributed by atoms with Crippen molar-refractivity contribution < 1.29 is 18.7 Å². The molecule has 26 heavy (non-hydrogen) atoms. The Morgan fingerprint density at radius 2 is 1.96 bits per heavy atom. The van der Waals surface area contributed by atoms with Crippen molar-refractivity contribution in [3.63, 3.8) is 0 Å². The van der Waals surface area contributed by atoms with Crippen LogP contribution < -0.4 is 5.32 Å². The van der Waals surface area contributed by atoms with E-state index in [1.54, 1.807) is 0 Å². The molecule has 1 aromatic carbocycles. The van der Waals surface area contributed by atoms with Crippen molar-refractivity contribution in [2.45, 2.75) is 38.5 Å². The Bertz CT molecular complexity index is 745. The highest BCUT2D eigenvalue weighted by Gasteiger charge is 2.26. The normalized spacial score (nSPS) is 13.1. The van der Waals surface area contributed by atoms with Crippen LogP contribution in [-0.2, 0) is 14.3 Å². The van der Waals surface area contributed by atoms with Gasteiger partial charge in [0.05, 0.1) is 12.9 Å². The van der Waals surface area contributed by atoms with Crippen LogP contribution in [0.5, 0.6) is 0 Å². The Labute approximate surface area is 156 Å². The second kappa shape index (κ2) is 9.38. The number of ether oxygens (including phenoxy) is 1. The first-order valence-corrected chi connectivity index (χ1v) is 9.33. The first-order chi connectivity index (χ1) is 12.4. The number of hydrogen-bond acceptors (Lipinski definition) is 7. The molecular weight excluding hydrogens is 354 g/mol. The minimum Gasteiger partial charge on any atom is -0.467 e. The van der Waals surface area contributed by atoms with Crippen LogP contribution in [-0.4, -0.2) is 41.0 Å². The summed E-state index contributed by atoms with van der Waals surface area (Å²) >= 11 is 1.12. The van der Waals surface area contributed by atoms with E-state index in [2.05, 4.69) is 15.5 Å². The lowest BCUT2D eigenvalue weighted by atomic mass is 9.99. The molecule has 1 amide bonds. The minimum absolute atomic E-state index is 0.0204. The van der Waals surface area contributed by atoms with Gasteiger partial charge in [0.15, 0.2) is 0 Å². The summed E-state index contributed by atoms with van der Waals surface area (Å²) in [6, 6.07) is 7.06. The maximum Gasteiger partial charge on any atom is 0.328 e. The van der Waals surface area contributed by atoms with Crippen LogP contribution in [0.2, 0.25) is 0 Å². The Morgan fingerprint density at radius 3 is 2.58 bits per heavy atom. The molecule has 1 heterocycles. The Kier molecular flexibility index (Phi) is 7.20. The molecule has 0 aliphatic heterocycles. The summed E-state index contributed by atoms with van der Waals surface area (Å²) < 4.78 is 10.3. The van der Waals surface area contributed by atoms with Crippen LogP contribution in [0.3, 0.4) is 0 Å². The van der Waals surface area contributed by atoms with E-state index in [0.717, 1.165) is 29.3 Å². The zero-order chi connectivity index (χ0) is 19.1. The highest BCUT2D eigenvalue weighted by Crippen LogP contribution is 2.23. The summed E-state index contributed by atoms with van der Waals surface area (Å²) in [6.07, 6.45) is 0.747. The number of carbonyl (C=O) groups is 2. The predicted octanol–water partition coefficient (Wildman–Crippen LogP) is 2.84. The quantitative estimate of drug-likeness (QED) is 0.558. The van der Waals surface area contributed by atoms with Gasteiger partial charge >= 0.3 is 5.97 Å². The van der Waals surface area contributed by atoms with Crippen molar-refractivity contribution in [2.24, 2.45) is 5.92 Å². The largest absolute Gasteiger partial charge is 0.467 e. The van der Waals surface area contributed by atoms with Crippen molar-refractivity contribution in [2.75, 3.05) is 12.9 Å². The summed E-state index contributed by atoms with van der Waals surface area (Å²) in [5, 5.41) is 10.9. The van der Waals surface area contributed by atoms with Gasteiger partial charge in [-0.1, -0.05) is 49.7 Å². The average Bonchev–Trinajstić information content (AvgIpc) is 3.12. The molecule has 0 bridgehead atoms. The number of aromatic nitrogens is 2. The molecule has 8 heteroatoms. The summed E-state index contributed by atoms with van der Waals surface area (Å²) in [7, 11) is 1.31. The molecule has 2 aromatic rings. The molecule has 0 saturated carbocycles. The Balaban J connectivity index is 1.92. The Hall–Kier alpha value is -2.35. The minimum atomic E-state index is -0.663. The molecular formula is C18H23N3O4S. The van der Waals surface area contributed by atoms with Crippen molar-refractivity contribution in [3.8, 4) is 11.5 Å². The van der Waals surface area contributed by atoms with Gasteiger partial charge < -0.3 is 14.5 Å². The van der Waals surface area contributed by atoms with Crippen LogP contribution >= 0.6 is 11.8 Å². The fraction of sp³-hybridized carbons (Fsp3) is 0.444. The van der Waals surface area contributed by atoms with Gasteiger partial charge in [0.1, 0.15) is 6.04 Å². The summed E-state index contributed by atoms with van der Waals surface area (Å²) in [4.78, 5) is 24.0. The summed E-state index contributed by atoms with van der Waals surface area (Å²) in [5.74, 6) is -0.287. The standard InChI is InChI=1S/C18H23N3O4S/c1-5-12(3)15(17(23)24-4)19-14(22)10-26-18-21-20-16(25-18)13-8-6-11(2)7-9-13/h6-9,12,15H,5,10H2,1-4H3,(H,19,22)/t12-,15+/m1/s1. The van der Waals surface area contributed by atoms with E-state index < -0.39 is 12.0 Å². The van der Waals surface area contributed by atoms with Gasteiger partial charge in [0.25, 0.3) is 5.22 Å². The number of nitrogens with one attached hydrogen (secondary N) is 1. The predicted molar refractivity (Wildman–Crippen MR) is 98.6 cm³/mol. The fourth-order valence-corrected chi connectivity index (χ4v) is 2.79. The number of aryl methyl sites for hydroxylation is 1.